The third kappa shape index (κ3) is 1.92. The van der Waals surface area contributed by atoms with Gasteiger partial charge in [0, 0.05) is 37.6 Å². The van der Waals surface area contributed by atoms with Crippen LogP contribution in [0, 0.1) is 12.3 Å². The number of nitrogens with zero attached hydrogens (tertiary/aromatic N) is 4. The van der Waals surface area contributed by atoms with Crippen molar-refractivity contribution < 1.29 is 8.78 Å². The summed E-state index contributed by atoms with van der Waals surface area (Å²) in [6, 6.07) is 5.81. The monoisotopic (exact) mass is 290 g/mol. The smallest absolute Gasteiger partial charge is 0.258 e. The van der Waals surface area contributed by atoms with Crippen LogP contribution >= 0.6 is 0 Å². The number of anilines is 1. The molecule has 2 aromatic heterocycles. The molecule has 1 saturated carbocycles. The van der Waals surface area contributed by atoms with E-state index >= 15 is 0 Å². The number of aromatic nitrogens is 3. The van der Waals surface area contributed by atoms with Gasteiger partial charge in [-0.25, -0.2) is 13.8 Å². The number of pyridine rings is 1. The summed E-state index contributed by atoms with van der Waals surface area (Å²) in [4.78, 5) is 6.49. The Hall–Kier alpha value is -1.98. The van der Waals surface area contributed by atoms with E-state index in [1.807, 2.05) is 40.9 Å². The number of hydrogen-bond donors (Lipinski definition) is 0. The largest absolute Gasteiger partial charge is 0.355 e. The van der Waals surface area contributed by atoms with Crippen LogP contribution in [0.15, 0.2) is 30.6 Å². The Labute approximate surface area is 121 Å². The minimum absolute atomic E-state index is 0.0346. The van der Waals surface area contributed by atoms with Crippen molar-refractivity contribution >= 4 is 5.82 Å². The summed E-state index contributed by atoms with van der Waals surface area (Å²) >= 11 is 0. The summed E-state index contributed by atoms with van der Waals surface area (Å²) in [5.74, 6) is -1.66. The maximum Gasteiger partial charge on any atom is 0.258 e. The maximum absolute atomic E-state index is 13.2. The molecular formula is C15H16F2N4. The lowest BCUT2D eigenvalue weighted by Gasteiger charge is -2.41. The van der Waals surface area contributed by atoms with Crippen molar-refractivity contribution in [2.45, 2.75) is 25.8 Å². The standard InChI is InChI=1S/C15H16F2N4/c1-11-12(7-21-6-2-5-18-21)3-4-13(19-11)20-9-14(10-20)8-15(14,16)17/h2-6H,7-10H2,1H3. The normalized spacial score (nSPS) is 21.4. The maximum atomic E-state index is 13.2. The van der Waals surface area contributed by atoms with Gasteiger partial charge >= 0.3 is 0 Å². The lowest BCUT2D eigenvalue weighted by atomic mass is 9.96. The van der Waals surface area contributed by atoms with Gasteiger partial charge in [-0.3, -0.25) is 4.68 Å². The van der Waals surface area contributed by atoms with Crippen molar-refractivity contribution in [3.63, 3.8) is 0 Å². The number of aryl methyl sites for hydroxylation is 1. The second-order valence-electron chi connectivity index (χ2n) is 6.14. The van der Waals surface area contributed by atoms with Gasteiger partial charge in [-0.15, -0.1) is 0 Å². The van der Waals surface area contributed by atoms with Crippen LogP contribution < -0.4 is 4.90 Å². The Bertz CT molecular complexity index is 675. The fourth-order valence-corrected chi connectivity index (χ4v) is 3.06. The van der Waals surface area contributed by atoms with Crippen molar-refractivity contribution in [1.82, 2.24) is 14.8 Å². The van der Waals surface area contributed by atoms with E-state index in [2.05, 4.69) is 10.1 Å². The quantitative estimate of drug-likeness (QED) is 0.871. The lowest BCUT2D eigenvalue weighted by molar-refractivity contribution is 0.0518. The summed E-state index contributed by atoms with van der Waals surface area (Å²) in [5, 5.41) is 4.18. The average molecular weight is 290 g/mol. The molecule has 0 N–H and O–H groups in total. The van der Waals surface area contributed by atoms with Crippen LogP contribution in [-0.4, -0.2) is 33.8 Å². The van der Waals surface area contributed by atoms with E-state index < -0.39 is 11.3 Å². The van der Waals surface area contributed by atoms with Crippen LogP contribution in [-0.2, 0) is 6.54 Å². The van der Waals surface area contributed by atoms with Crippen LogP contribution in [0.3, 0.4) is 0 Å². The summed E-state index contributed by atoms with van der Waals surface area (Å²) in [6.45, 7) is 3.47. The summed E-state index contributed by atoms with van der Waals surface area (Å²) < 4.78 is 28.3. The molecule has 0 amide bonds. The first-order valence-electron chi connectivity index (χ1n) is 7.06. The first kappa shape index (κ1) is 12.7. The zero-order valence-corrected chi connectivity index (χ0v) is 11.8. The van der Waals surface area contributed by atoms with Crippen LogP contribution in [0.1, 0.15) is 17.7 Å². The van der Waals surface area contributed by atoms with Crippen molar-refractivity contribution in [3.8, 4) is 0 Å². The topological polar surface area (TPSA) is 34.0 Å². The van der Waals surface area contributed by atoms with Gasteiger partial charge in [0.2, 0.25) is 0 Å². The molecule has 110 valence electrons. The molecule has 6 heteroatoms. The number of rotatable bonds is 3. The highest BCUT2D eigenvalue weighted by molar-refractivity contribution is 5.48. The third-order valence-electron chi connectivity index (χ3n) is 4.59. The zero-order chi connectivity index (χ0) is 14.7. The van der Waals surface area contributed by atoms with Gasteiger partial charge in [-0.2, -0.15) is 5.10 Å². The van der Waals surface area contributed by atoms with Crippen LogP contribution in [0.25, 0.3) is 0 Å². The van der Waals surface area contributed by atoms with E-state index in [4.69, 9.17) is 0 Å². The highest BCUT2D eigenvalue weighted by atomic mass is 19.3. The summed E-state index contributed by atoms with van der Waals surface area (Å²) in [5.41, 5.74) is 1.26. The van der Waals surface area contributed by atoms with E-state index in [0.29, 0.717) is 19.6 Å². The molecule has 3 heterocycles. The second-order valence-corrected chi connectivity index (χ2v) is 6.14. The number of hydrogen-bond acceptors (Lipinski definition) is 3. The van der Waals surface area contributed by atoms with Crippen LogP contribution in [0.4, 0.5) is 14.6 Å². The second kappa shape index (κ2) is 4.02. The first-order valence-corrected chi connectivity index (χ1v) is 7.06. The van der Waals surface area contributed by atoms with Gasteiger partial charge in [0.25, 0.3) is 5.92 Å². The van der Waals surface area contributed by atoms with E-state index in [1.54, 1.807) is 6.20 Å². The van der Waals surface area contributed by atoms with E-state index in [9.17, 15) is 8.78 Å². The van der Waals surface area contributed by atoms with Gasteiger partial charge in [-0.05, 0) is 24.6 Å². The van der Waals surface area contributed by atoms with E-state index in [0.717, 1.165) is 17.1 Å². The fourth-order valence-electron chi connectivity index (χ4n) is 3.06. The predicted octanol–water partition coefficient (Wildman–Crippen LogP) is 2.48. The Morgan fingerprint density at radius 2 is 2.05 bits per heavy atom. The van der Waals surface area contributed by atoms with Gasteiger partial charge in [0.05, 0.1) is 12.0 Å². The fraction of sp³-hybridized carbons (Fsp3) is 0.467. The molecule has 4 nitrogen and oxygen atoms in total. The molecule has 1 spiro atoms. The van der Waals surface area contributed by atoms with Crippen molar-refractivity contribution in [3.05, 3.63) is 41.9 Å². The Kier molecular flexibility index (Phi) is 2.44. The van der Waals surface area contributed by atoms with Gasteiger partial charge in [0.15, 0.2) is 0 Å². The highest BCUT2D eigenvalue weighted by Crippen LogP contribution is 2.65. The first-order chi connectivity index (χ1) is 9.99. The molecule has 0 unspecified atom stereocenters. The third-order valence-corrected chi connectivity index (χ3v) is 4.59. The Morgan fingerprint density at radius 3 is 2.62 bits per heavy atom. The molecule has 0 radical (unpaired) electrons. The summed E-state index contributed by atoms with van der Waals surface area (Å²) in [7, 11) is 0. The molecule has 2 aliphatic rings. The van der Waals surface area contributed by atoms with E-state index in [1.165, 1.54) is 0 Å². The molecule has 2 aromatic rings. The molecule has 2 fully saturated rings. The average Bonchev–Trinajstić information content (AvgIpc) is 2.74. The predicted molar refractivity (Wildman–Crippen MR) is 74.5 cm³/mol. The molecule has 0 aromatic carbocycles. The van der Waals surface area contributed by atoms with Gasteiger partial charge in [-0.1, -0.05) is 6.07 Å². The van der Waals surface area contributed by atoms with Crippen LogP contribution in [0.5, 0.6) is 0 Å². The minimum Gasteiger partial charge on any atom is -0.355 e. The molecular weight excluding hydrogens is 274 g/mol. The Morgan fingerprint density at radius 1 is 1.29 bits per heavy atom. The molecule has 1 aliphatic heterocycles. The van der Waals surface area contributed by atoms with Gasteiger partial charge in [0.1, 0.15) is 5.82 Å². The number of alkyl halides is 2. The molecule has 0 bridgehead atoms. The molecule has 21 heavy (non-hydrogen) atoms. The molecule has 4 rings (SSSR count). The molecule has 0 atom stereocenters. The van der Waals surface area contributed by atoms with Crippen molar-refractivity contribution in [1.29, 1.82) is 0 Å². The Balaban J connectivity index is 1.48. The summed E-state index contributed by atoms with van der Waals surface area (Å²) in [6.07, 6.45) is 3.68. The zero-order valence-electron chi connectivity index (χ0n) is 11.8. The van der Waals surface area contributed by atoms with Crippen LogP contribution in [0.2, 0.25) is 0 Å². The minimum atomic E-state index is -2.46. The molecule has 1 saturated heterocycles. The number of halogens is 2. The van der Waals surface area contributed by atoms with Crippen molar-refractivity contribution in [2.24, 2.45) is 5.41 Å². The van der Waals surface area contributed by atoms with Gasteiger partial charge < -0.3 is 4.90 Å². The SMILES string of the molecule is Cc1nc(N2CC3(C2)CC3(F)F)ccc1Cn1cccn1. The molecule has 1 aliphatic carbocycles. The van der Waals surface area contributed by atoms with E-state index in [-0.39, 0.29) is 6.42 Å². The van der Waals surface area contributed by atoms with Crippen molar-refractivity contribution in [2.75, 3.05) is 18.0 Å². The lowest BCUT2D eigenvalue weighted by Crippen LogP contribution is -2.51. The highest BCUT2D eigenvalue weighted by Gasteiger charge is 2.76.